The monoisotopic (exact) mass is 543 g/mol. The van der Waals surface area contributed by atoms with Crippen LogP contribution < -0.4 is 24.4 Å². The predicted molar refractivity (Wildman–Crippen MR) is 150 cm³/mol. The SMILES string of the molecule is CCOc1ccccc1[C@H](C(=O)NC(C)(C)CC)N(C(=O)Cn1nnc2ccccc21)c1ccc2c(c1)OCO2. The van der Waals surface area contributed by atoms with Crippen molar-refractivity contribution in [2.24, 2.45) is 0 Å². The second kappa shape index (κ2) is 11.3. The van der Waals surface area contributed by atoms with E-state index < -0.39 is 11.6 Å². The van der Waals surface area contributed by atoms with Crippen LogP contribution in [0.2, 0.25) is 0 Å². The molecule has 10 nitrogen and oxygen atoms in total. The minimum absolute atomic E-state index is 0.0828. The molecular formula is C30H33N5O5. The summed E-state index contributed by atoms with van der Waals surface area (Å²) in [6.07, 6.45) is 0.696. The molecule has 1 aromatic heterocycles. The van der Waals surface area contributed by atoms with Crippen molar-refractivity contribution in [1.29, 1.82) is 0 Å². The maximum absolute atomic E-state index is 14.3. The lowest BCUT2D eigenvalue weighted by molar-refractivity contribution is -0.128. The van der Waals surface area contributed by atoms with Gasteiger partial charge in [0.05, 0.1) is 12.1 Å². The Morgan fingerprint density at radius 1 is 1.05 bits per heavy atom. The fourth-order valence-electron chi connectivity index (χ4n) is 4.59. The molecule has 1 aliphatic rings. The van der Waals surface area contributed by atoms with E-state index in [1.807, 2.05) is 70.2 Å². The lowest BCUT2D eigenvalue weighted by Gasteiger charge is -2.35. The van der Waals surface area contributed by atoms with E-state index in [1.165, 1.54) is 9.58 Å². The van der Waals surface area contributed by atoms with Crippen LogP contribution in [0.1, 0.15) is 45.7 Å². The Kier molecular flexibility index (Phi) is 7.59. The van der Waals surface area contributed by atoms with Crippen LogP contribution in [0.5, 0.6) is 17.2 Å². The summed E-state index contributed by atoms with van der Waals surface area (Å²) in [5, 5.41) is 11.5. The zero-order chi connectivity index (χ0) is 28.3. The van der Waals surface area contributed by atoms with Gasteiger partial charge in [-0.15, -0.1) is 5.10 Å². The number of amides is 2. The quantitative estimate of drug-likeness (QED) is 0.311. The van der Waals surface area contributed by atoms with Crippen LogP contribution in [0.15, 0.2) is 66.7 Å². The average molecular weight is 544 g/mol. The number of para-hydroxylation sites is 2. The number of nitrogens with zero attached hydrogens (tertiary/aromatic N) is 4. The number of ether oxygens (including phenoxy) is 3. The molecule has 1 N–H and O–H groups in total. The Morgan fingerprint density at radius 3 is 2.60 bits per heavy atom. The van der Waals surface area contributed by atoms with E-state index in [9.17, 15) is 9.59 Å². The average Bonchev–Trinajstić information content (AvgIpc) is 3.59. The largest absolute Gasteiger partial charge is 0.493 e. The van der Waals surface area contributed by atoms with E-state index in [2.05, 4.69) is 15.6 Å². The third-order valence-corrected chi connectivity index (χ3v) is 6.97. The summed E-state index contributed by atoms with van der Waals surface area (Å²) in [5.74, 6) is 0.877. The molecule has 5 rings (SSSR count). The van der Waals surface area contributed by atoms with Gasteiger partial charge in [-0.05, 0) is 57.5 Å². The molecule has 0 bridgehead atoms. The number of benzene rings is 3. The van der Waals surface area contributed by atoms with Gasteiger partial charge < -0.3 is 19.5 Å². The lowest BCUT2D eigenvalue weighted by Crippen LogP contribution is -2.51. The van der Waals surface area contributed by atoms with Crippen LogP contribution in [0.25, 0.3) is 11.0 Å². The second-order valence-corrected chi connectivity index (χ2v) is 10.1. The fraction of sp³-hybridized carbons (Fsp3) is 0.333. The van der Waals surface area contributed by atoms with Crippen molar-refractivity contribution in [2.45, 2.75) is 52.2 Å². The first-order valence-electron chi connectivity index (χ1n) is 13.3. The number of carbonyl (C=O) groups is 2. The molecule has 0 aliphatic carbocycles. The van der Waals surface area contributed by atoms with E-state index in [-0.39, 0.29) is 25.2 Å². The van der Waals surface area contributed by atoms with Gasteiger partial charge in [0.2, 0.25) is 18.6 Å². The predicted octanol–water partition coefficient (Wildman–Crippen LogP) is 4.64. The van der Waals surface area contributed by atoms with E-state index >= 15 is 0 Å². The number of carbonyl (C=O) groups excluding carboxylic acids is 2. The van der Waals surface area contributed by atoms with Gasteiger partial charge in [0.25, 0.3) is 0 Å². The van der Waals surface area contributed by atoms with Crippen molar-refractivity contribution in [1.82, 2.24) is 20.3 Å². The molecule has 208 valence electrons. The molecule has 0 radical (unpaired) electrons. The summed E-state index contributed by atoms with van der Waals surface area (Å²) in [5.41, 5.74) is 1.90. The van der Waals surface area contributed by atoms with E-state index in [0.29, 0.717) is 52.6 Å². The molecule has 0 saturated heterocycles. The van der Waals surface area contributed by atoms with E-state index in [4.69, 9.17) is 14.2 Å². The van der Waals surface area contributed by atoms with Gasteiger partial charge >= 0.3 is 0 Å². The highest BCUT2D eigenvalue weighted by atomic mass is 16.7. The topological polar surface area (TPSA) is 108 Å². The highest BCUT2D eigenvalue weighted by molar-refractivity contribution is 6.02. The van der Waals surface area contributed by atoms with Crippen molar-refractivity contribution in [2.75, 3.05) is 18.3 Å². The van der Waals surface area contributed by atoms with Crippen LogP contribution in [0.3, 0.4) is 0 Å². The number of rotatable bonds is 10. The van der Waals surface area contributed by atoms with Crippen molar-refractivity contribution in [3.8, 4) is 17.2 Å². The highest BCUT2D eigenvalue weighted by Crippen LogP contribution is 2.40. The third kappa shape index (κ3) is 5.42. The number of fused-ring (bicyclic) bond motifs is 2. The van der Waals surface area contributed by atoms with E-state index in [0.717, 1.165) is 0 Å². The molecule has 4 aromatic rings. The normalized spacial score (nSPS) is 13.2. The smallest absolute Gasteiger partial charge is 0.249 e. The second-order valence-electron chi connectivity index (χ2n) is 10.1. The molecule has 1 aliphatic heterocycles. The molecule has 2 amide bonds. The minimum Gasteiger partial charge on any atom is -0.493 e. The lowest BCUT2D eigenvalue weighted by atomic mass is 9.97. The fourth-order valence-corrected chi connectivity index (χ4v) is 4.59. The Labute approximate surface area is 232 Å². The van der Waals surface area contributed by atoms with Gasteiger partial charge in [0.1, 0.15) is 23.9 Å². The first-order valence-corrected chi connectivity index (χ1v) is 13.3. The first-order chi connectivity index (χ1) is 19.3. The zero-order valence-electron chi connectivity index (χ0n) is 23.1. The maximum atomic E-state index is 14.3. The Bertz CT molecular complexity index is 1530. The molecule has 3 aromatic carbocycles. The van der Waals surface area contributed by atoms with Crippen LogP contribution in [-0.4, -0.2) is 45.7 Å². The van der Waals surface area contributed by atoms with Gasteiger partial charge in [0.15, 0.2) is 11.5 Å². The molecule has 0 saturated carbocycles. The maximum Gasteiger partial charge on any atom is 0.249 e. The summed E-state index contributed by atoms with van der Waals surface area (Å²) in [4.78, 5) is 30.0. The van der Waals surface area contributed by atoms with Crippen molar-refractivity contribution in [3.05, 3.63) is 72.3 Å². The molecule has 0 unspecified atom stereocenters. The van der Waals surface area contributed by atoms with E-state index in [1.54, 1.807) is 24.3 Å². The molecule has 2 heterocycles. The van der Waals surface area contributed by atoms with Gasteiger partial charge in [-0.2, -0.15) is 0 Å². The number of anilines is 1. The number of hydrogen-bond donors (Lipinski definition) is 1. The number of nitrogens with one attached hydrogen (secondary N) is 1. The Hall–Kier alpha value is -4.60. The summed E-state index contributed by atoms with van der Waals surface area (Å²) >= 11 is 0. The minimum atomic E-state index is -1.06. The van der Waals surface area contributed by atoms with Crippen molar-refractivity contribution >= 4 is 28.5 Å². The molecule has 10 heteroatoms. The molecule has 40 heavy (non-hydrogen) atoms. The standard InChI is InChI=1S/C30H33N5O5/c1-5-30(3,4)31-29(37)28(21-11-7-10-14-24(21)38-6-2)35(20-15-16-25-26(17-20)40-19-39-25)27(36)18-34-23-13-9-8-12-22(23)32-33-34/h7-17,28H,5-6,18-19H2,1-4H3,(H,31,37)/t28-/m1/s1. The summed E-state index contributed by atoms with van der Waals surface area (Å²) in [6.45, 7) is 8.11. The molecule has 1 atom stereocenters. The van der Waals surface area contributed by atoms with Crippen LogP contribution >= 0.6 is 0 Å². The highest BCUT2D eigenvalue weighted by Gasteiger charge is 2.37. The number of aromatic nitrogens is 3. The molecular weight excluding hydrogens is 510 g/mol. The first kappa shape index (κ1) is 27.0. The van der Waals surface area contributed by atoms with Gasteiger partial charge in [-0.1, -0.05) is 42.5 Å². The van der Waals surface area contributed by atoms with Gasteiger partial charge in [-0.25, -0.2) is 4.68 Å². The van der Waals surface area contributed by atoms with Gasteiger partial charge in [-0.3, -0.25) is 14.5 Å². The zero-order valence-corrected chi connectivity index (χ0v) is 23.1. The van der Waals surface area contributed by atoms with Crippen molar-refractivity contribution < 1.29 is 23.8 Å². The molecule has 0 fully saturated rings. The summed E-state index contributed by atoms with van der Waals surface area (Å²) in [6, 6.07) is 18.8. The number of hydrogen-bond acceptors (Lipinski definition) is 7. The Morgan fingerprint density at radius 2 is 1.80 bits per heavy atom. The van der Waals surface area contributed by atoms with Gasteiger partial charge in [0, 0.05) is 22.9 Å². The summed E-state index contributed by atoms with van der Waals surface area (Å²) in [7, 11) is 0. The van der Waals surface area contributed by atoms with Crippen LogP contribution in [-0.2, 0) is 16.1 Å². The molecule has 0 spiro atoms. The Balaban J connectivity index is 1.65. The third-order valence-electron chi connectivity index (χ3n) is 6.97. The van der Waals surface area contributed by atoms with Crippen LogP contribution in [0, 0.1) is 0 Å². The van der Waals surface area contributed by atoms with Crippen molar-refractivity contribution in [3.63, 3.8) is 0 Å². The summed E-state index contributed by atoms with van der Waals surface area (Å²) < 4.78 is 18.6. The van der Waals surface area contributed by atoms with Crippen LogP contribution in [0.4, 0.5) is 5.69 Å².